The molecule has 0 atom stereocenters. The maximum atomic E-state index is 12.9. The fraction of sp³-hybridized carbons (Fsp3) is 0.150. The van der Waals surface area contributed by atoms with Gasteiger partial charge in [-0.25, -0.2) is 9.69 Å². The van der Waals surface area contributed by atoms with Crippen LogP contribution in [0, 0.1) is 13.8 Å². The molecule has 0 radical (unpaired) electrons. The molecule has 0 saturated carbocycles. The number of urea groups is 1. The highest BCUT2D eigenvalue weighted by Gasteiger charge is 2.36. The molecule has 2 N–H and O–H groups in total. The minimum Gasteiger partial charge on any atom is -0.504 e. The normalized spacial score (nSPS) is 15.9. The molecule has 27 heavy (non-hydrogen) atoms. The maximum Gasteiger partial charge on any atom is 0.335 e. The van der Waals surface area contributed by atoms with Gasteiger partial charge in [0.15, 0.2) is 11.5 Å². The standard InChI is InChI=1S/C20H18N2O5/c1-11-6-12(2)8-14(7-11)22-19(25)15(18(24)21-20(22)26)9-13-4-5-17(27-3)16(23)10-13/h4-10,23H,1-3H3,(H,21,24,26)/b15-9+. The zero-order valence-corrected chi connectivity index (χ0v) is 15.1. The van der Waals surface area contributed by atoms with Gasteiger partial charge in [-0.2, -0.15) is 0 Å². The van der Waals surface area contributed by atoms with Crippen molar-refractivity contribution in [2.75, 3.05) is 12.0 Å². The first-order valence-corrected chi connectivity index (χ1v) is 8.17. The molecule has 1 aliphatic heterocycles. The average Bonchev–Trinajstić information content (AvgIpc) is 2.57. The summed E-state index contributed by atoms with van der Waals surface area (Å²) in [7, 11) is 1.42. The second-order valence-corrected chi connectivity index (χ2v) is 6.24. The first-order chi connectivity index (χ1) is 12.8. The number of carbonyl (C=O) groups excluding carboxylic acids is 3. The largest absolute Gasteiger partial charge is 0.504 e. The molecule has 0 unspecified atom stereocenters. The van der Waals surface area contributed by atoms with Gasteiger partial charge >= 0.3 is 6.03 Å². The molecule has 3 rings (SSSR count). The minimum atomic E-state index is -0.801. The Labute approximate surface area is 155 Å². The van der Waals surface area contributed by atoms with Crippen LogP contribution in [-0.4, -0.2) is 30.1 Å². The van der Waals surface area contributed by atoms with Gasteiger partial charge in [0.05, 0.1) is 12.8 Å². The second-order valence-electron chi connectivity index (χ2n) is 6.24. The molecule has 7 heteroatoms. The smallest absolute Gasteiger partial charge is 0.335 e. The summed E-state index contributed by atoms with van der Waals surface area (Å²) in [6.45, 7) is 3.70. The third-order valence-corrected chi connectivity index (χ3v) is 4.08. The molecular formula is C20H18N2O5. The summed E-state index contributed by atoms with van der Waals surface area (Å²) in [5, 5.41) is 12.1. The molecule has 0 aliphatic carbocycles. The van der Waals surface area contributed by atoms with Crippen LogP contribution in [0.15, 0.2) is 42.0 Å². The van der Waals surface area contributed by atoms with E-state index < -0.39 is 17.8 Å². The van der Waals surface area contributed by atoms with Crippen LogP contribution in [-0.2, 0) is 9.59 Å². The van der Waals surface area contributed by atoms with Crippen LogP contribution in [0.3, 0.4) is 0 Å². The number of methoxy groups -OCH3 is 1. The van der Waals surface area contributed by atoms with Crippen molar-refractivity contribution in [2.24, 2.45) is 0 Å². The number of amides is 4. The summed E-state index contributed by atoms with van der Waals surface area (Å²) in [6.07, 6.45) is 1.32. The Morgan fingerprint density at radius 3 is 2.30 bits per heavy atom. The summed E-state index contributed by atoms with van der Waals surface area (Å²) >= 11 is 0. The molecular weight excluding hydrogens is 348 g/mol. The summed E-state index contributed by atoms with van der Waals surface area (Å²) in [5.41, 5.74) is 2.35. The number of barbiturate groups is 1. The van der Waals surface area contributed by atoms with Gasteiger partial charge in [-0.1, -0.05) is 12.1 Å². The molecule has 1 saturated heterocycles. The molecule has 0 spiro atoms. The Morgan fingerprint density at radius 1 is 1.04 bits per heavy atom. The number of rotatable bonds is 3. The Balaban J connectivity index is 2.03. The van der Waals surface area contributed by atoms with E-state index in [0.29, 0.717) is 11.3 Å². The summed E-state index contributed by atoms with van der Waals surface area (Å²) < 4.78 is 4.97. The Bertz CT molecular complexity index is 974. The van der Waals surface area contributed by atoms with E-state index >= 15 is 0 Å². The highest BCUT2D eigenvalue weighted by molar-refractivity contribution is 6.39. The van der Waals surface area contributed by atoms with Crippen LogP contribution in [0.2, 0.25) is 0 Å². The predicted molar refractivity (Wildman–Crippen MR) is 99.6 cm³/mol. The highest BCUT2D eigenvalue weighted by atomic mass is 16.5. The maximum absolute atomic E-state index is 12.9. The molecule has 1 fully saturated rings. The van der Waals surface area contributed by atoms with Crippen LogP contribution in [0.5, 0.6) is 11.5 Å². The van der Waals surface area contributed by atoms with Crippen LogP contribution in [0.1, 0.15) is 16.7 Å². The number of carbonyl (C=O) groups is 3. The average molecular weight is 366 g/mol. The van der Waals surface area contributed by atoms with Gasteiger partial charge in [-0.05, 0) is 60.9 Å². The van der Waals surface area contributed by atoms with Gasteiger partial charge in [0.25, 0.3) is 11.8 Å². The molecule has 7 nitrogen and oxygen atoms in total. The van der Waals surface area contributed by atoms with Crippen molar-refractivity contribution in [2.45, 2.75) is 13.8 Å². The number of phenols is 1. The van der Waals surface area contributed by atoms with E-state index in [-0.39, 0.29) is 17.1 Å². The zero-order chi connectivity index (χ0) is 19.7. The lowest BCUT2D eigenvalue weighted by Gasteiger charge is -2.27. The topological polar surface area (TPSA) is 95.9 Å². The number of ether oxygens (including phenoxy) is 1. The number of nitrogens with zero attached hydrogens (tertiary/aromatic N) is 1. The van der Waals surface area contributed by atoms with Crippen molar-refractivity contribution in [3.8, 4) is 11.5 Å². The zero-order valence-electron chi connectivity index (χ0n) is 15.1. The third kappa shape index (κ3) is 3.52. The van der Waals surface area contributed by atoms with Gasteiger partial charge in [0.2, 0.25) is 0 Å². The fourth-order valence-corrected chi connectivity index (χ4v) is 2.94. The molecule has 0 aromatic heterocycles. The van der Waals surface area contributed by atoms with E-state index in [1.807, 2.05) is 19.9 Å². The first-order valence-electron chi connectivity index (χ1n) is 8.17. The van der Waals surface area contributed by atoms with Gasteiger partial charge in [-0.15, -0.1) is 0 Å². The van der Waals surface area contributed by atoms with Crippen LogP contribution >= 0.6 is 0 Å². The van der Waals surface area contributed by atoms with Gasteiger partial charge < -0.3 is 9.84 Å². The molecule has 1 aliphatic rings. The molecule has 2 aromatic carbocycles. The van der Waals surface area contributed by atoms with Crippen LogP contribution in [0.4, 0.5) is 10.5 Å². The van der Waals surface area contributed by atoms with Crippen LogP contribution < -0.4 is 15.0 Å². The minimum absolute atomic E-state index is 0.127. The Kier molecular flexibility index (Phi) is 4.68. The van der Waals surface area contributed by atoms with E-state index in [1.165, 1.54) is 25.3 Å². The van der Waals surface area contributed by atoms with Crippen LogP contribution in [0.25, 0.3) is 6.08 Å². The van der Waals surface area contributed by atoms with Gasteiger partial charge in [-0.3, -0.25) is 14.9 Å². The van der Waals surface area contributed by atoms with E-state index in [9.17, 15) is 19.5 Å². The second kappa shape index (κ2) is 6.95. The van der Waals surface area contributed by atoms with E-state index in [1.54, 1.807) is 18.2 Å². The molecule has 138 valence electrons. The number of nitrogens with one attached hydrogen (secondary N) is 1. The highest BCUT2D eigenvalue weighted by Crippen LogP contribution is 2.28. The lowest BCUT2D eigenvalue weighted by atomic mass is 10.1. The lowest BCUT2D eigenvalue weighted by molar-refractivity contribution is -0.122. The van der Waals surface area contributed by atoms with E-state index in [4.69, 9.17) is 4.74 Å². The fourth-order valence-electron chi connectivity index (χ4n) is 2.94. The number of imide groups is 2. The van der Waals surface area contributed by atoms with Gasteiger partial charge in [0, 0.05) is 0 Å². The number of aromatic hydroxyl groups is 1. The SMILES string of the molecule is COc1ccc(/C=C2\C(=O)NC(=O)N(c3cc(C)cc(C)c3)C2=O)cc1O. The quantitative estimate of drug-likeness (QED) is 0.643. The van der Waals surface area contributed by atoms with Crippen molar-refractivity contribution >= 4 is 29.6 Å². The number of benzene rings is 2. The van der Waals surface area contributed by atoms with Crippen molar-refractivity contribution in [1.29, 1.82) is 0 Å². The van der Waals surface area contributed by atoms with E-state index in [2.05, 4.69) is 5.32 Å². The van der Waals surface area contributed by atoms with Gasteiger partial charge in [0.1, 0.15) is 5.57 Å². The van der Waals surface area contributed by atoms with E-state index in [0.717, 1.165) is 16.0 Å². The molecule has 0 bridgehead atoms. The predicted octanol–water partition coefficient (Wildman–Crippen LogP) is 2.68. The molecule has 2 aromatic rings. The third-order valence-electron chi connectivity index (χ3n) is 4.08. The summed E-state index contributed by atoms with van der Waals surface area (Å²) in [4.78, 5) is 38.3. The monoisotopic (exact) mass is 366 g/mol. The van der Waals surface area contributed by atoms with Crippen molar-refractivity contribution in [1.82, 2.24) is 5.32 Å². The summed E-state index contributed by atoms with van der Waals surface area (Å²) in [5.74, 6) is -1.38. The van der Waals surface area contributed by atoms with Crippen molar-refractivity contribution in [3.63, 3.8) is 0 Å². The summed E-state index contributed by atoms with van der Waals surface area (Å²) in [6, 6.07) is 8.96. The number of hydrogen-bond acceptors (Lipinski definition) is 5. The number of aryl methyl sites for hydroxylation is 2. The molecule has 4 amide bonds. The first kappa shape index (κ1) is 18.2. The Hall–Kier alpha value is -3.61. The lowest BCUT2D eigenvalue weighted by Crippen LogP contribution is -2.54. The molecule has 1 heterocycles. The Morgan fingerprint density at radius 2 is 1.70 bits per heavy atom. The number of phenolic OH excluding ortho intramolecular Hbond substituents is 1. The van der Waals surface area contributed by atoms with Crippen molar-refractivity contribution < 1.29 is 24.2 Å². The number of hydrogen-bond donors (Lipinski definition) is 2. The number of anilines is 1. The van der Waals surface area contributed by atoms with Crippen molar-refractivity contribution in [3.05, 3.63) is 58.7 Å².